The molecule has 2 aliphatic heterocycles. The summed E-state index contributed by atoms with van der Waals surface area (Å²) in [4.78, 5) is 5.05. The van der Waals surface area contributed by atoms with Crippen LogP contribution in [0.2, 0.25) is 0 Å². The average Bonchev–Trinajstić information content (AvgIpc) is 3.58. The van der Waals surface area contributed by atoms with Crippen LogP contribution in [0.25, 0.3) is 65.4 Å². The van der Waals surface area contributed by atoms with Gasteiger partial charge in [0.05, 0.1) is 0 Å². The Hall–Kier alpha value is -4.69. The molecule has 5 nitrogen and oxygen atoms in total. The van der Waals surface area contributed by atoms with Gasteiger partial charge in [-0.05, 0) is 129 Å². The number of benzene rings is 5. The van der Waals surface area contributed by atoms with Crippen molar-refractivity contribution in [3.05, 3.63) is 72.3 Å². The van der Waals surface area contributed by atoms with Crippen molar-refractivity contribution in [2.24, 2.45) is 0 Å². The Morgan fingerprint density at radius 3 is 1.55 bits per heavy atom. The standard InChI is InChI=1S/C39H35N3O2/c1-23-7-3-5-13-41(23)29-11-9-25-17-31-33-21-34-32-18-26-10-12-30(42-14-6-4-8-24(42)2)16-28(26)20-37(32)44-39(34)35(22-40)38(33)43-36(31)19-27(25)15-29/h9-12,15-21,23-24H,3-8,13-14H2,1-2H3. The Bertz CT molecular complexity index is 2170. The van der Waals surface area contributed by atoms with Gasteiger partial charge in [0.1, 0.15) is 22.8 Å². The van der Waals surface area contributed by atoms with Crippen LogP contribution in [-0.2, 0) is 0 Å². The summed E-state index contributed by atoms with van der Waals surface area (Å²) in [5.74, 6) is 0. The molecule has 2 atom stereocenters. The molecular formula is C39H35N3O2. The third-order valence-corrected chi connectivity index (χ3v) is 10.5. The summed E-state index contributed by atoms with van der Waals surface area (Å²) < 4.78 is 12.9. The summed E-state index contributed by atoms with van der Waals surface area (Å²) in [6, 6.07) is 27.9. The Balaban J connectivity index is 1.20. The number of fused-ring (bicyclic) bond motifs is 8. The number of nitrogens with zero attached hydrogens (tertiary/aromatic N) is 3. The number of hydrogen-bond acceptors (Lipinski definition) is 5. The molecule has 2 aromatic heterocycles. The molecule has 0 aliphatic carbocycles. The van der Waals surface area contributed by atoms with Crippen molar-refractivity contribution in [2.75, 3.05) is 22.9 Å². The lowest BCUT2D eigenvalue weighted by atomic mass is 9.99. The molecule has 2 saturated heterocycles. The number of hydrogen-bond donors (Lipinski definition) is 0. The van der Waals surface area contributed by atoms with Crippen molar-refractivity contribution in [2.45, 2.75) is 64.5 Å². The molecule has 218 valence electrons. The van der Waals surface area contributed by atoms with Crippen molar-refractivity contribution in [3.8, 4) is 6.07 Å². The molecule has 2 fully saturated rings. The molecule has 0 N–H and O–H groups in total. The van der Waals surface area contributed by atoms with Crippen LogP contribution >= 0.6 is 0 Å². The monoisotopic (exact) mass is 577 g/mol. The number of anilines is 2. The van der Waals surface area contributed by atoms with Gasteiger partial charge in [-0.25, -0.2) is 0 Å². The molecule has 5 heteroatoms. The van der Waals surface area contributed by atoms with Crippen molar-refractivity contribution < 1.29 is 8.83 Å². The number of rotatable bonds is 2. The van der Waals surface area contributed by atoms with E-state index in [1.54, 1.807) is 0 Å². The predicted octanol–water partition coefficient (Wildman–Crippen LogP) is 10.4. The summed E-state index contributed by atoms with van der Waals surface area (Å²) in [6.07, 6.45) is 7.57. The highest BCUT2D eigenvalue weighted by molar-refractivity contribution is 6.20. The molecule has 7 aromatic rings. The van der Waals surface area contributed by atoms with Gasteiger partial charge in [-0.15, -0.1) is 0 Å². The Labute approximate surface area is 256 Å². The zero-order valence-corrected chi connectivity index (χ0v) is 25.3. The normalized spacial score (nSPS) is 19.7. The van der Waals surface area contributed by atoms with Crippen LogP contribution in [0.3, 0.4) is 0 Å². The maximum absolute atomic E-state index is 10.4. The van der Waals surface area contributed by atoms with E-state index in [2.05, 4.69) is 96.4 Å². The number of piperidine rings is 2. The third-order valence-electron chi connectivity index (χ3n) is 10.5. The van der Waals surface area contributed by atoms with Crippen LogP contribution in [0, 0.1) is 11.3 Å². The van der Waals surface area contributed by atoms with E-state index in [0.717, 1.165) is 56.6 Å². The van der Waals surface area contributed by atoms with Gasteiger partial charge in [0.15, 0.2) is 11.2 Å². The van der Waals surface area contributed by atoms with Crippen LogP contribution in [-0.4, -0.2) is 25.2 Å². The summed E-state index contributed by atoms with van der Waals surface area (Å²) in [5.41, 5.74) is 5.80. The second-order valence-corrected chi connectivity index (χ2v) is 13.2. The molecule has 44 heavy (non-hydrogen) atoms. The molecule has 5 aromatic carbocycles. The van der Waals surface area contributed by atoms with Gasteiger partial charge < -0.3 is 18.6 Å². The Kier molecular flexibility index (Phi) is 5.66. The maximum Gasteiger partial charge on any atom is 0.157 e. The topological polar surface area (TPSA) is 56.6 Å². The third kappa shape index (κ3) is 3.83. The largest absolute Gasteiger partial charge is 0.454 e. The Morgan fingerprint density at radius 1 is 0.591 bits per heavy atom. The first-order valence-corrected chi connectivity index (χ1v) is 16.2. The fourth-order valence-electron chi connectivity index (χ4n) is 8.02. The summed E-state index contributed by atoms with van der Waals surface area (Å²) in [6.45, 7) is 6.86. The van der Waals surface area contributed by atoms with Gasteiger partial charge in [0.2, 0.25) is 0 Å². The molecule has 9 rings (SSSR count). The van der Waals surface area contributed by atoms with Crippen LogP contribution < -0.4 is 9.80 Å². The highest BCUT2D eigenvalue weighted by Crippen LogP contribution is 2.42. The molecule has 2 aliphatic rings. The van der Waals surface area contributed by atoms with Crippen LogP contribution in [0.4, 0.5) is 11.4 Å². The quantitative estimate of drug-likeness (QED) is 0.205. The van der Waals surface area contributed by atoms with Crippen molar-refractivity contribution >= 4 is 76.8 Å². The molecular weight excluding hydrogens is 542 g/mol. The second-order valence-electron chi connectivity index (χ2n) is 13.2. The fraction of sp³-hybridized carbons (Fsp3) is 0.308. The van der Waals surface area contributed by atoms with Gasteiger partial charge in [0.25, 0.3) is 0 Å². The van der Waals surface area contributed by atoms with Gasteiger partial charge in [-0.3, -0.25) is 0 Å². The molecule has 2 unspecified atom stereocenters. The summed E-state index contributed by atoms with van der Waals surface area (Å²) >= 11 is 0. The fourth-order valence-corrected chi connectivity index (χ4v) is 8.02. The van der Waals surface area contributed by atoms with E-state index in [0.29, 0.717) is 28.8 Å². The minimum absolute atomic E-state index is 0.462. The number of nitriles is 1. The zero-order chi connectivity index (χ0) is 29.5. The first-order chi connectivity index (χ1) is 21.6. The van der Waals surface area contributed by atoms with E-state index in [1.165, 1.54) is 60.7 Å². The van der Waals surface area contributed by atoms with Crippen LogP contribution in [0.1, 0.15) is 57.9 Å². The van der Waals surface area contributed by atoms with E-state index in [4.69, 9.17) is 8.83 Å². The molecule has 0 bridgehead atoms. The van der Waals surface area contributed by atoms with Crippen molar-refractivity contribution in [1.82, 2.24) is 0 Å². The smallest absolute Gasteiger partial charge is 0.157 e. The summed E-state index contributed by atoms with van der Waals surface area (Å²) in [5, 5.41) is 19.0. The minimum atomic E-state index is 0.462. The highest BCUT2D eigenvalue weighted by atomic mass is 16.3. The maximum atomic E-state index is 10.4. The molecule has 0 radical (unpaired) electrons. The van der Waals surface area contributed by atoms with E-state index >= 15 is 0 Å². The van der Waals surface area contributed by atoms with Gasteiger partial charge in [0, 0.05) is 58.1 Å². The lowest BCUT2D eigenvalue weighted by Crippen LogP contribution is -2.37. The van der Waals surface area contributed by atoms with E-state index < -0.39 is 0 Å². The predicted molar refractivity (Wildman–Crippen MR) is 182 cm³/mol. The van der Waals surface area contributed by atoms with E-state index in [1.807, 2.05) is 0 Å². The average molecular weight is 578 g/mol. The SMILES string of the molecule is CC1CCCCN1c1ccc2cc3c(cc2c1)oc1c(C#N)c2oc4cc5cc(N6CCCCC6C)ccc5cc4c2cc13. The summed E-state index contributed by atoms with van der Waals surface area (Å²) in [7, 11) is 0. The first-order valence-electron chi connectivity index (χ1n) is 16.2. The number of furan rings is 2. The van der Waals surface area contributed by atoms with Crippen molar-refractivity contribution in [1.29, 1.82) is 5.26 Å². The van der Waals surface area contributed by atoms with Gasteiger partial charge in [-0.2, -0.15) is 5.26 Å². The Morgan fingerprint density at radius 2 is 1.09 bits per heavy atom. The molecule has 4 heterocycles. The van der Waals surface area contributed by atoms with Gasteiger partial charge in [-0.1, -0.05) is 12.1 Å². The first kappa shape index (κ1) is 25.8. The lowest BCUT2D eigenvalue weighted by molar-refractivity contribution is 0.485. The highest BCUT2D eigenvalue weighted by Gasteiger charge is 2.23. The molecule has 0 saturated carbocycles. The zero-order valence-electron chi connectivity index (χ0n) is 25.3. The second kappa shape index (κ2) is 9.66. The van der Waals surface area contributed by atoms with Crippen LogP contribution in [0.15, 0.2) is 75.6 Å². The van der Waals surface area contributed by atoms with Crippen molar-refractivity contribution in [3.63, 3.8) is 0 Å². The van der Waals surface area contributed by atoms with E-state index in [-0.39, 0.29) is 0 Å². The van der Waals surface area contributed by atoms with Gasteiger partial charge >= 0.3 is 0 Å². The van der Waals surface area contributed by atoms with E-state index in [9.17, 15) is 5.26 Å². The molecule has 0 amide bonds. The molecule has 0 spiro atoms. The minimum Gasteiger partial charge on any atom is -0.454 e. The lowest BCUT2D eigenvalue weighted by Gasteiger charge is -2.35. The van der Waals surface area contributed by atoms with Crippen LogP contribution in [0.5, 0.6) is 0 Å².